The van der Waals surface area contributed by atoms with Gasteiger partial charge in [-0.3, -0.25) is 9.59 Å². The Morgan fingerprint density at radius 2 is 0.701 bits per heavy atom. The molecule has 1 N–H and O–H groups in total. The molecule has 1 aliphatic heterocycles. The smallest absolute Gasteiger partial charge is 0.306 e. The van der Waals surface area contributed by atoms with Crippen molar-refractivity contribution in [1.29, 1.82) is 0 Å². The Bertz CT molecular complexity index is 938. The molecule has 0 radical (unpaired) electrons. The fourth-order valence-electron chi connectivity index (χ4n) is 10.2. The molecule has 67 heavy (non-hydrogen) atoms. The second-order valence-electron chi connectivity index (χ2n) is 21.5. The van der Waals surface area contributed by atoms with Crippen molar-refractivity contribution in [3.63, 3.8) is 0 Å². The van der Waals surface area contributed by atoms with E-state index >= 15 is 0 Å². The first-order valence-electron chi connectivity index (χ1n) is 30.4. The fourth-order valence-corrected chi connectivity index (χ4v) is 10.2. The fraction of sp³-hybridized carbons (Fsp3) is 0.967. The number of piperidine rings is 1. The van der Waals surface area contributed by atoms with Crippen LogP contribution < -0.4 is 0 Å². The van der Waals surface area contributed by atoms with Gasteiger partial charge < -0.3 is 24.4 Å². The minimum Gasteiger partial charge on any atom is -0.462 e. The van der Waals surface area contributed by atoms with Crippen molar-refractivity contribution in [1.82, 2.24) is 9.80 Å². The van der Waals surface area contributed by atoms with E-state index in [-0.39, 0.29) is 30.3 Å². The van der Waals surface area contributed by atoms with Crippen LogP contribution in [0.2, 0.25) is 0 Å². The van der Waals surface area contributed by atoms with Crippen LogP contribution in [0.1, 0.15) is 317 Å². The summed E-state index contributed by atoms with van der Waals surface area (Å²) in [5, 5.41) is 9.88. The topological polar surface area (TPSA) is 79.3 Å². The van der Waals surface area contributed by atoms with Crippen molar-refractivity contribution in [2.45, 2.75) is 335 Å². The molecule has 0 bridgehead atoms. The first-order chi connectivity index (χ1) is 32.9. The average molecular weight is 948 g/mol. The lowest BCUT2D eigenvalue weighted by Crippen LogP contribution is -2.36. The van der Waals surface area contributed by atoms with Crippen LogP contribution in [-0.2, 0) is 19.1 Å². The summed E-state index contributed by atoms with van der Waals surface area (Å²) in [4.78, 5) is 31.2. The monoisotopic (exact) mass is 947 g/mol. The van der Waals surface area contributed by atoms with Crippen LogP contribution in [0.4, 0.5) is 0 Å². The van der Waals surface area contributed by atoms with Crippen LogP contribution in [0, 0.1) is 0 Å². The predicted molar refractivity (Wildman–Crippen MR) is 289 cm³/mol. The van der Waals surface area contributed by atoms with E-state index in [0.29, 0.717) is 12.8 Å². The van der Waals surface area contributed by atoms with Gasteiger partial charge in [0.1, 0.15) is 12.2 Å². The molecule has 1 heterocycles. The number of hydrogen-bond donors (Lipinski definition) is 1. The highest BCUT2D eigenvalue weighted by Crippen LogP contribution is 2.21. The number of aliphatic hydroxyl groups excluding tert-OH is 1. The van der Waals surface area contributed by atoms with Gasteiger partial charge in [-0.15, -0.1) is 0 Å². The Morgan fingerprint density at radius 1 is 0.418 bits per heavy atom. The average Bonchev–Trinajstić information content (AvgIpc) is 3.32. The summed E-state index contributed by atoms with van der Waals surface area (Å²) in [5.74, 6) is 0.0781. The maximum atomic E-state index is 12.9. The van der Waals surface area contributed by atoms with Gasteiger partial charge in [-0.25, -0.2) is 0 Å². The van der Waals surface area contributed by atoms with E-state index in [4.69, 9.17) is 9.47 Å². The number of unbranched alkanes of at least 4 members (excludes halogenated alkanes) is 30. The van der Waals surface area contributed by atoms with E-state index in [0.717, 1.165) is 77.3 Å². The molecule has 0 spiro atoms. The molecule has 0 aromatic carbocycles. The molecule has 1 fully saturated rings. The van der Waals surface area contributed by atoms with E-state index in [9.17, 15) is 14.7 Å². The zero-order valence-electron chi connectivity index (χ0n) is 45.8. The lowest BCUT2D eigenvalue weighted by atomic mass is 10.0. The van der Waals surface area contributed by atoms with Crippen LogP contribution >= 0.6 is 0 Å². The summed E-state index contributed by atoms with van der Waals surface area (Å²) >= 11 is 0. The van der Waals surface area contributed by atoms with Crippen molar-refractivity contribution >= 4 is 11.9 Å². The van der Waals surface area contributed by atoms with Gasteiger partial charge in [0.05, 0.1) is 6.10 Å². The molecule has 0 unspecified atom stereocenters. The number of esters is 2. The first-order valence-corrected chi connectivity index (χ1v) is 30.4. The van der Waals surface area contributed by atoms with E-state index in [1.54, 1.807) is 0 Å². The lowest BCUT2D eigenvalue weighted by molar-refractivity contribution is -0.151. The molecule has 1 aliphatic rings. The summed E-state index contributed by atoms with van der Waals surface area (Å²) in [6.45, 7) is 15.9. The second-order valence-corrected chi connectivity index (χ2v) is 21.5. The number of carbonyl (C=O) groups is 2. The van der Waals surface area contributed by atoms with E-state index in [1.807, 2.05) is 0 Å². The highest BCUT2D eigenvalue weighted by atomic mass is 16.5. The normalized spacial score (nSPS) is 13.7. The minimum absolute atomic E-state index is 0.0391. The van der Waals surface area contributed by atoms with Crippen molar-refractivity contribution in [3.8, 4) is 0 Å². The summed E-state index contributed by atoms with van der Waals surface area (Å²) in [5.41, 5.74) is 0. The lowest BCUT2D eigenvalue weighted by Gasteiger charge is -2.29. The Labute approximate surface area is 418 Å². The number of nitrogens with zero attached hydrogens (tertiary/aromatic N) is 2. The Balaban J connectivity index is 2.43. The predicted octanol–water partition coefficient (Wildman–Crippen LogP) is 17.4. The number of ether oxygens (including phenoxy) is 2. The van der Waals surface area contributed by atoms with Crippen molar-refractivity contribution < 1.29 is 24.2 Å². The molecular formula is C60H118N2O5. The van der Waals surface area contributed by atoms with Gasteiger partial charge in [0.15, 0.2) is 0 Å². The SMILES string of the molecule is CCCCCCCCC(CCCCCCCC)OC(=O)CCCCCCCN(CCCCCCCC(=O)OC(CCCCCCCC)CCCCCCCC)CCCCCN1CCC(O)CC1. The van der Waals surface area contributed by atoms with E-state index in [1.165, 1.54) is 238 Å². The third kappa shape index (κ3) is 43.3. The maximum absolute atomic E-state index is 12.9. The van der Waals surface area contributed by atoms with Crippen molar-refractivity contribution in [2.75, 3.05) is 39.3 Å². The van der Waals surface area contributed by atoms with E-state index < -0.39 is 0 Å². The first kappa shape index (κ1) is 63.8. The van der Waals surface area contributed by atoms with Gasteiger partial charge in [0, 0.05) is 25.9 Å². The number of hydrogen-bond acceptors (Lipinski definition) is 7. The standard InChI is InChI=1S/C60H118N2O5/c1-5-9-13-17-23-32-42-57(43-33-24-18-14-10-6-2)66-59(64)46-36-27-21-29-38-50-61(52-40-31-41-53-62-54-48-56(63)49-55-62)51-39-30-22-28-37-47-60(65)67-58(44-34-25-19-15-11-7-3)45-35-26-20-16-12-8-4/h56-58,63H,5-55H2,1-4H3. The number of rotatable bonds is 52. The van der Waals surface area contributed by atoms with Gasteiger partial charge >= 0.3 is 11.9 Å². The van der Waals surface area contributed by atoms with Gasteiger partial charge in [0.25, 0.3) is 0 Å². The number of aliphatic hydroxyl groups is 1. The molecule has 0 atom stereocenters. The molecule has 0 amide bonds. The highest BCUT2D eigenvalue weighted by molar-refractivity contribution is 5.69. The molecule has 398 valence electrons. The molecule has 0 aromatic rings. The molecule has 1 saturated heterocycles. The zero-order valence-corrected chi connectivity index (χ0v) is 45.8. The molecule has 7 nitrogen and oxygen atoms in total. The number of likely N-dealkylation sites (tertiary alicyclic amines) is 1. The quantitative estimate of drug-likeness (QED) is 0.0481. The summed E-state index contributed by atoms with van der Waals surface area (Å²) in [6, 6.07) is 0. The zero-order chi connectivity index (χ0) is 48.5. The Morgan fingerprint density at radius 3 is 1.04 bits per heavy atom. The molecule has 7 heteroatoms. The molecule has 0 aromatic heterocycles. The summed E-state index contributed by atoms with van der Waals surface area (Å²) in [7, 11) is 0. The van der Waals surface area contributed by atoms with Crippen LogP contribution in [0.15, 0.2) is 0 Å². The number of carbonyl (C=O) groups excluding carboxylic acids is 2. The van der Waals surface area contributed by atoms with Gasteiger partial charge in [-0.2, -0.15) is 0 Å². The van der Waals surface area contributed by atoms with Crippen molar-refractivity contribution in [3.05, 3.63) is 0 Å². The van der Waals surface area contributed by atoms with Crippen LogP contribution in [0.5, 0.6) is 0 Å². The Kier molecular flexibility index (Phi) is 47.4. The molecular weight excluding hydrogens is 829 g/mol. The van der Waals surface area contributed by atoms with Crippen LogP contribution in [0.3, 0.4) is 0 Å². The summed E-state index contributed by atoms with van der Waals surface area (Å²) < 4.78 is 12.2. The van der Waals surface area contributed by atoms with Crippen LogP contribution in [0.25, 0.3) is 0 Å². The van der Waals surface area contributed by atoms with Crippen molar-refractivity contribution in [2.24, 2.45) is 0 Å². The molecule has 1 rings (SSSR count). The second kappa shape index (κ2) is 49.8. The van der Waals surface area contributed by atoms with Gasteiger partial charge in [-0.1, -0.05) is 201 Å². The Hall–Kier alpha value is -1.18. The largest absolute Gasteiger partial charge is 0.462 e. The van der Waals surface area contributed by atoms with Crippen LogP contribution in [-0.4, -0.2) is 84.4 Å². The minimum atomic E-state index is -0.0912. The van der Waals surface area contributed by atoms with Gasteiger partial charge in [-0.05, 0) is 129 Å². The molecule has 0 saturated carbocycles. The van der Waals surface area contributed by atoms with Gasteiger partial charge in [0.2, 0.25) is 0 Å². The third-order valence-electron chi connectivity index (χ3n) is 14.8. The maximum Gasteiger partial charge on any atom is 0.306 e. The summed E-state index contributed by atoms with van der Waals surface area (Å²) in [6.07, 6.45) is 53.6. The highest BCUT2D eigenvalue weighted by Gasteiger charge is 2.18. The van der Waals surface area contributed by atoms with E-state index in [2.05, 4.69) is 37.5 Å². The third-order valence-corrected chi connectivity index (χ3v) is 14.8. The molecule has 0 aliphatic carbocycles.